The minimum atomic E-state index is 0.431. The zero-order valence-electron chi connectivity index (χ0n) is 9.39. The lowest BCUT2D eigenvalue weighted by molar-refractivity contribution is -0.128. The van der Waals surface area contributed by atoms with Crippen molar-refractivity contribution < 1.29 is 9.53 Å². The van der Waals surface area contributed by atoms with E-state index in [0.717, 1.165) is 15.4 Å². The molecule has 5 heteroatoms. The summed E-state index contributed by atoms with van der Waals surface area (Å²) >= 11 is 3.38. The molecule has 2 aromatic rings. The quantitative estimate of drug-likeness (QED) is 0.866. The Hall–Kier alpha value is -1.62. The molecule has 17 heavy (non-hydrogen) atoms. The Bertz CT molecular complexity index is 462. The van der Waals surface area contributed by atoms with Crippen LogP contribution in [0.3, 0.4) is 0 Å². The summed E-state index contributed by atoms with van der Waals surface area (Å²) in [5.41, 5.74) is 7.24. The van der Waals surface area contributed by atoms with E-state index in [1.54, 1.807) is 13.1 Å². The maximum Gasteiger partial charge on any atom is 0.293 e. The van der Waals surface area contributed by atoms with Crippen molar-refractivity contribution in [2.24, 2.45) is 0 Å². The molecule has 0 amide bonds. The summed E-state index contributed by atoms with van der Waals surface area (Å²) in [7, 11) is 0. The van der Waals surface area contributed by atoms with Crippen LogP contribution in [0.2, 0.25) is 0 Å². The third-order valence-electron chi connectivity index (χ3n) is 1.90. The van der Waals surface area contributed by atoms with E-state index in [-0.39, 0.29) is 0 Å². The van der Waals surface area contributed by atoms with Crippen LogP contribution >= 0.6 is 15.9 Å². The first-order chi connectivity index (χ1) is 8.17. The average Bonchev–Trinajstić information content (AvgIpc) is 2.31. The third kappa shape index (κ3) is 4.40. The van der Waals surface area contributed by atoms with Crippen LogP contribution in [0.4, 0.5) is 5.69 Å². The van der Waals surface area contributed by atoms with Gasteiger partial charge in [0.15, 0.2) is 0 Å². The standard InChI is InChI=1S/C9H7BrN2.C3H6O2/c10-7-2-1-6-3-8(11)5-12-9(6)4-7;1-2-5-3-4/h1-5H,11H2;3H,2H2,1H3. The summed E-state index contributed by atoms with van der Waals surface area (Å²) in [6.45, 7) is 2.66. The SMILES string of the molecule is CCOC=O.Nc1cnc2cc(Br)ccc2c1. The summed E-state index contributed by atoms with van der Waals surface area (Å²) in [6, 6.07) is 7.84. The average molecular weight is 297 g/mol. The fraction of sp³-hybridized carbons (Fsp3) is 0.167. The fourth-order valence-electron chi connectivity index (χ4n) is 1.18. The van der Waals surface area contributed by atoms with E-state index in [9.17, 15) is 4.79 Å². The van der Waals surface area contributed by atoms with Crippen molar-refractivity contribution in [2.75, 3.05) is 12.3 Å². The number of carbonyl (C=O) groups is 1. The predicted octanol–water partition coefficient (Wildman–Crippen LogP) is 2.76. The van der Waals surface area contributed by atoms with Crippen LogP contribution in [0.5, 0.6) is 0 Å². The largest absolute Gasteiger partial charge is 0.468 e. The van der Waals surface area contributed by atoms with Gasteiger partial charge in [-0.25, -0.2) is 0 Å². The number of ether oxygens (including phenoxy) is 1. The molecular formula is C12H13BrN2O2. The molecule has 0 aliphatic rings. The van der Waals surface area contributed by atoms with Gasteiger partial charge >= 0.3 is 0 Å². The lowest BCUT2D eigenvalue weighted by Gasteiger charge is -1.98. The number of anilines is 1. The van der Waals surface area contributed by atoms with Gasteiger partial charge in [-0.3, -0.25) is 9.78 Å². The van der Waals surface area contributed by atoms with Gasteiger partial charge in [0.1, 0.15) is 0 Å². The van der Waals surface area contributed by atoms with E-state index in [4.69, 9.17) is 5.73 Å². The molecular weight excluding hydrogens is 284 g/mol. The number of hydrogen-bond acceptors (Lipinski definition) is 4. The predicted molar refractivity (Wildman–Crippen MR) is 71.5 cm³/mol. The van der Waals surface area contributed by atoms with E-state index < -0.39 is 0 Å². The Kier molecular flexibility index (Phi) is 5.42. The van der Waals surface area contributed by atoms with Crippen molar-refractivity contribution >= 4 is 39.0 Å². The second-order valence-corrected chi connectivity index (χ2v) is 4.07. The molecule has 2 N–H and O–H groups in total. The Morgan fingerprint density at radius 2 is 2.24 bits per heavy atom. The van der Waals surface area contributed by atoms with Crippen LogP contribution in [-0.4, -0.2) is 18.1 Å². The molecule has 1 aromatic carbocycles. The molecule has 0 bridgehead atoms. The molecule has 0 saturated carbocycles. The Morgan fingerprint density at radius 3 is 2.82 bits per heavy atom. The van der Waals surface area contributed by atoms with Crippen molar-refractivity contribution in [1.29, 1.82) is 0 Å². The molecule has 1 aromatic heterocycles. The topological polar surface area (TPSA) is 65.2 Å². The zero-order valence-corrected chi connectivity index (χ0v) is 11.0. The number of pyridine rings is 1. The minimum Gasteiger partial charge on any atom is -0.468 e. The lowest BCUT2D eigenvalue weighted by atomic mass is 10.2. The molecule has 0 radical (unpaired) electrons. The van der Waals surface area contributed by atoms with Gasteiger partial charge in [0.2, 0.25) is 0 Å². The first kappa shape index (κ1) is 13.4. The number of rotatable bonds is 2. The van der Waals surface area contributed by atoms with Crippen molar-refractivity contribution in [3.8, 4) is 0 Å². The number of halogens is 1. The van der Waals surface area contributed by atoms with E-state index in [0.29, 0.717) is 18.8 Å². The number of aromatic nitrogens is 1. The summed E-state index contributed by atoms with van der Waals surface area (Å²) in [5.74, 6) is 0. The van der Waals surface area contributed by atoms with Crippen LogP contribution < -0.4 is 5.73 Å². The van der Waals surface area contributed by atoms with Crippen molar-refractivity contribution in [3.05, 3.63) is 34.9 Å². The van der Waals surface area contributed by atoms with E-state index in [1.807, 2.05) is 24.3 Å². The first-order valence-electron chi connectivity index (χ1n) is 5.03. The van der Waals surface area contributed by atoms with Crippen LogP contribution in [-0.2, 0) is 9.53 Å². The zero-order chi connectivity index (χ0) is 12.7. The summed E-state index contributed by atoms with van der Waals surface area (Å²) < 4.78 is 5.19. The molecule has 0 atom stereocenters. The van der Waals surface area contributed by atoms with Gasteiger partial charge < -0.3 is 10.5 Å². The number of nitrogen functional groups attached to an aromatic ring is 1. The van der Waals surface area contributed by atoms with Gasteiger partial charge in [-0.2, -0.15) is 0 Å². The maximum atomic E-state index is 9.18. The molecule has 0 spiro atoms. The summed E-state index contributed by atoms with van der Waals surface area (Å²) in [5, 5.41) is 1.07. The molecule has 0 aliphatic heterocycles. The van der Waals surface area contributed by atoms with E-state index in [1.165, 1.54) is 0 Å². The summed E-state index contributed by atoms with van der Waals surface area (Å²) in [4.78, 5) is 13.4. The molecule has 0 fully saturated rings. The van der Waals surface area contributed by atoms with Crippen LogP contribution in [0.15, 0.2) is 34.9 Å². The highest BCUT2D eigenvalue weighted by atomic mass is 79.9. The third-order valence-corrected chi connectivity index (χ3v) is 2.40. The van der Waals surface area contributed by atoms with Crippen molar-refractivity contribution in [1.82, 2.24) is 4.98 Å². The first-order valence-corrected chi connectivity index (χ1v) is 5.82. The second-order valence-electron chi connectivity index (χ2n) is 3.16. The second kappa shape index (κ2) is 6.85. The molecule has 90 valence electrons. The van der Waals surface area contributed by atoms with Gasteiger partial charge in [0, 0.05) is 9.86 Å². The highest BCUT2D eigenvalue weighted by Gasteiger charge is 1.95. The molecule has 0 unspecified atom stereocenters. The molecule has 2 rings (SSSR count). The highest BCUT2D eigenvalue weighted by Crippen LogP contribution is 2.19. The normalized spacial score (nSPS) is 9.29. The van der Waals surface area contributed by atoms with Gasteiger partial charge in [0.05, 0.1) is 24.0 Å². The smallest absolute Gasteiger partial charge is 0.293 e. The van der Waals surface area contributed by atoms with Gasteiger partial charge in [0.25, 0.3) is 6.47 Å². The summed E-state index contributed by atoms with van der Waals surface area (Å²) in [6.07, 6.45) is 1.66. The van der Waals surface area contributed by atoms with Gasteiger partial charge in [-0.05, 0) is 25.1 Å². The monoisotopic (exact) mass is 296 g/mol. The van der Waals surface area contributed by atoms with E-state index in [2.05, 4.69) is 25.7 Å². The maximum absolute atomic E-state index is 9.18. The van der Waals surface area contributed by atoms with Crippen molar-refractivity contribution in [3.63, 3.8) is 0 Å². The number of nitrogens with two attached hydrogens (primary N) is 1. The van der Waals surface area contributed by atoms with Crippen LogP contribution in [0, 0.1) is 0 Å². The van der Waals surface area contributed by atoms with Crippen molar-refractivity contribution in [2.45, 2.75) is 6.92 Å². The number of fused-ring (bicyclic) bond motifs is 1. The van der Waals surface area contributed by atoms with Crippen LogP contribution in [0.25, 0.3) is 10.9 Å². The Balaban J connectivity index is 0.000000249. The van der Waals surface area contributed by atoms with Crippen LogP contribution in [0.1, 0.15) is 6.92 Å². The number of nitrogens with zero attached hydrogens (tertiary/aromatic N) is 1. The van der Waals surface area contributed by atoms with Gasteiger partial charge in [-0.15, -0.1) is 0 Å². The molecule has 0 saturated heterocycles. The number of benzene rings is 1. The molecule has 4 nitrogen and oxygen atoms in total. The molecule has 1 heterocycles. The van der Waals surface area contributed by atoms with E-state index >= 15 is 0 Å². The Morgan fingerprint density at radius 1 is 1.47 bits per heavy atom. The Labute approximate surface area is 108 Å². The molecule has 0 aliphatic carbocycles. The lowest BCUT2D eigenvalue weighted by Crippen LogP contribution is -1.86. The number of hydrogen-bond donors (Lipinski definition) is 1. The fourth-order valence-corrected chi connectivity index (χ4v) is 1.53. The highest BCUT2D eigenvalue weighted by molar-refractivity contribution is 9.10. The van der Waals surface area contributed by atoms with Gasteiger partial charge in [-0.1, -0.05) is 22.0 Å². The number of carbonyl (C=O) groups excluding carboxylic acids is 1. The minimum absolute atomic E-state index is 0.431.